The summed E-state index contributed by atoms with van der Waals surface area (Å²) in [7, 11) is 0. The van der Waals surface area contributed by atoms with Gasteiger partial charge >= 0.3 is 12.0 Å². The van der Waals surface area contributed by atoms with Crippen molar-refractivity contribution in [3.8, 4) is 0 Å². The van der Waals surface area contributed by atoms with Crippen molar-refractivity contribution in [2.45, 2.75) is 52.6 Å². The molecular weight excluding hydrogens is 276 g/mol. The lowest BCUT2D eigenvalue weighted by atomic mass is 9.87. The third-order valence-corrected chi connectivity index (χ3v) is 2.71. The molecule has 0 bridgehead atoms. The minimum Gasteiger partial charge on any atom is -0.481 e. The third-order valence-electron chi connectivity index (χ3n) is 2.71. The van der Waals surface area contributed by atoms with E-state index >= 15 is 0 Å². The molecule has 0 saturated heterocycles. The summed E-state index contributed by atoms with van der Waals surface area (Å²) in [6.07, 6.45) is 0.435. The molecule has 118 valence electrons. The van der Waals surface area contributed by atoms with Crippen molar-refractivity contribution in [3.05, 3.63) is 5.82 Å². The van der Waals surface area contributed by atoms with E-state index in [1.165, 1.54) is 0 Å². The number of aromatic nitrogens is 4. The van der Waals surface area contributed by atoms with Gasteiger partial charge in [-0.1, -0.05) is 26.0 Å². The van der Waals surface area contributed by atoms with Crippen molar-refractivity contribution in [2.24, 2.45) is 5.41 Å². The molecule has 0 aliphatic carbocycles. The number of H-pyrrole nitrogens is 1. The van der Waals surface area contributed by atoms with E-state index in [-0.39, 0.29) is 11.8 Å². The van der Waals surface area contributed by atoms with Crippen molar-refractivity contribution in [3.63, 3.8) is 0 Å². The van der Waals surface area contributed by atoms with Crippen molar-refractivity contribution in [2.75, 3.05) is 0 Å². The summed E-state index contributed by atoms with van der Waals surface area (Å²) < 4.78 is 0. The van der Waals surface area contributed by atoms with E-state index in [4.69, 9.17) is 5.11 Å². The Morgan fingerprint density at radius 3 is 2.48 bits per heavy atom. The first-order valence-electron chi connectivity index (χ1n) is 6.69. The Bertz CT molecular complexity index is 468. The number of tetrazole rings is 1. The monoisotopic (exact) mass is 298 g/mol. The molecule has 21 heavy (non-hydrogen) atoms. The summed E-state index contributed by atoms with van der Waals surface area (Å²) in [4.78, 5) is 22.8. The Morgan fingerprint density at radius 2 is 2.00 bits per heavy atom. The van der Waals surface area contributed by atoms with Gasteiger partial charge < -0.3 is 15.7 Å². The molecule has 0 fully saturated rings. The SMILES string of the molecule is CC(NC(=O)NC(CC(=O)O)CC(C)(C)C)c1nn[nH]n1. The molecule has 2 amide bonds. The number of carboxylic acids is 1. The Hall–Kier alpha value is -2.19. The lowest BCUT2D eigenvalue weighted by Gasteiger charge is -2.26. The van der Waals surface area contributed by atoms with Gasteiger partial charge in [-0.25, -0.2) is 4.79 Å². The van der Waals surface area contributed by atoms with Crippen molar-refractivity contribution >= 4 is 12.0 Å². The Balaban J connectivity index is 2.56. The lowest BCUT2D eigenvalue weighted by molar-refractivity contribution is -0.137. The molecule has 9 nitrogen and oxygen atoms in total. The highest BCUT2D eigenvalue weighted by atomic mass is 16.4. The third kappa shape index (κ3) is 6.68. The molecule has 1 aromatic heterocycles. The van der Waals surface area contributed by atoms with Crippen LogP contribution in [0.1, 0.15) is 52.4 Å². The van der Waals surface area contributed by atoms with Crippen LogP contribution in [-0.2, 0) is 4.79 Å². The van der Waals surface area contributed by atoms with Gasteiger partial charge in [0.2, 0.25) is 0 Å². The minimum atomic E-state index is -0.948. The normalized spacial score (nSPS) is 14.3. The van der Waals surface area contributed by atoms with Crippen LogP contribution in [0.25, 0.3) is 0 Å². The molecule has 0 aliphatic rings. The van der Waals surface area contributed by atoms with E-state index in [0.717, 1.165) is 0 Å². The number of nitrogens with one attached hydrogen (secondary N) is 3. The van der Waals surface area contributed by atoms with Gasteiger partial charge in [0.1, 0.15) is 0 Å². The first-order chi connectivity index (χ1) is 9.67. The molecule has 2 atom stereocenters. The van der Waals surface area contributed by atoms with E-state index in [1.807, 2.05) is 20.8 Å². The van der Waals surface area contributed by atoms with E-state index < -0.39 is 24.1 Å². The van der Waals surface area contributed by atoms with Crippen LogP contribution in [0.3, 0.4) is 0 Å². The topological polar surface area (TPSA) is 133 Å². The molecule has 0 saturated carbocycles. The smallest absolute Gasteiger partial charge is 0.315 e. The summed E-state index contributed by atoms with van der Waals surface area (Å²) >= 11 is 0. The highest BCUT2D eigenvalue weighted by molar-refractivity contribution is 5.76. The van der Waals surface area contributed by atoms with Crippen LogP contribution in [0.2, 0.25) is 0 Å². The zero-order valence-electron chi connectivity index (χ0n) is 12.7. The molecule has 0 radical (unpaired) electrons. The largest absolute Gasteiger partial charge is 0.481 e. The summed E-state index contributed by atoms with van der Waals surface area (Å²) in [5.74, 6) is -0.591. The Kier molecular flexibility index (Phi) is 5.62. The molecule has 9 heteroatoms. The van der Waals surface area contributed by atoms with Crippen molar-refractivity contribution in [1.29, 1.82) is 0 Å². The number of hydrogen-bond donors (Lipinski definition) is 4. The zero-order chi connectivity index (χ0) is 16.0. The molecule has 1 rings (SSSR count). The molecule has 1 aromatic rings. The van der Waals surface area contributed by atoms with Crippen LogP contribution in [-0.4, -0.2) is 43.8 Å². The first-order valence-corrected chi connectivity index (χ1v) is 6.69. The number of amides is 2. The second-order valence-electron chi connectivity index (χ2n) is 6.17. The molecular formula is C12H22N6O3. The summed E-state index contributed by atoms with van der Waals surface area (Å²) in [5, 5.41) is 27.5. The number of carboxylic acid groups (broad SMARTS) is 1. The van der Waals surface area contributed by atoms with Crippen LogP contribution >= 0.6 is 0 Å². The van der Waals surface area contributed by atoms with Gasteiger partial charge in [0, 0.05) is 6.04 Å². The fourth-order valence-electron chi connectivity index (χ4n) is 1.97. The van der Waals surface area contributed by atoms with Gasteiger partial charge in [-0.3, -0.25) is 4.79 Å². The maximum Gasteiger partial charge on any atom is 0.315 e. The standard InChI is InChI=1S/C12H22N6O3/c1-7(10-15-17-18-16-10)13-11(21)14-8(5-9(19)20)6-12(2,3)4/h7-8H,5-6H2,1-4H3,(H,19,20)(H2,13,14,21)(H,15,16,17,18). The second kappa shape index (κ2) is 7.00. The molecule has 0 aliphatic heterocycles. The zero-order valence-corrected chi connectivity index (χ0v) is 12.7. The summed E-state index contributed by atoms with van der Waals surface area (Å²) in [6, 6.07) is -1.33. The number of aliphatic carboxylic acids is 1. The molecule has 2 unspecified atom stereocenters. The Morgan fingerprint density at radius 1 is 1.33 bits per heavy atom. The lowest BCUT2D eigenvalue weighted by Crippen LogP contribution is -2.45. The Labute approximate surface area is 122 Å². The van der Waals surface area contributed by atoms with E-state index in [2.05, 4.69) is 31.3 Å². The van der Waals surface area contributed by atoms with Gasteiger partial charge in [0.15, 0.2) is 5.82 Å². The molecule has 4 N–H and O–H groups in total. The van der Waals surface area contributed by atoms with Crippen LogP contribution in [0.5, 0.6) is 0 Å². The van der Waals surface area contributed by atoms with Gasteiger partial charge in [0.05, 0.1) is 12.5 Å². The van der Waals surface area contributed by atoms with Crippen LogP contribution in [0, 0.1) is 5.41 Å². The van der Waals surface area contributed by atoms with Crippen molar-refractivity contribution in [1.82, 2.24) is 31.3 Å². The number of nitrogens with zero attached hydrogens (tertiary/aromatic N) is 3. The number of rotatable bonds is 6. The molecule has 0 spiro atoms. The predicted molar refractivity (Wildman–Crippen MR) is 74.4 cm³/mol. The van der Waals surface area contributed by atoms with E-state index in [1.54, 1.807) is 6.92 Å². The minimum absolute atomic E-state index is 0.0906. The second-order valence-corrected chi connectivity index (χ2v) is 6.17. The fourth-order valence-corrected chi connectivity index (χ4v) is 1.97. The maximum atomic E-state index is 11.9. The maximum absolute atomic E-state index is 11.9. The number of urea groups is 1. The van der Waals surface area contributed by atoms with Gasteiger partial charge in [-0.05, 0) is 18.8 Å². The van der Waals surface area contributed by atoms with Gasteiger partial charge in [-0.2, -0.15) is 5.21 Å². The number of hydrogen-bond acceptors (Lipinski definition) is 5. The average Bonchev–Trinajstić information content (AvgIpc) is 2.77. The quantitative estimate of drug-likeness (QED) is 0.615. The number of carbonyl (C=O) groups is 2. The fraction of sp³-hybridized carbons (Fsp3) is 0.750. The first kappa shape index (κ1) is 16.9. The highest BCUT2D eigenvalue weighted by Gasteiger charge is 2.23. The van der Waals surface area contributed by atoms with Crippen molar-refractivity contribution < 1.29 is 14.7 Å². The highest BCUT2D eigenvalue weighted by Crippen LogP contribution is 2.22. The van der Waals surface area contributed by atoms with Crippen LogP contribution < -0.4 is 10.6 Å². The number of aromatic amines is 1. The molecule has 1 heterocycles. The van der Waals surface area contributed by atoms with Crippen LogP contribution in [0.4, 0.5) is 4.79 Å². The van der Waals surface area contributed by atoms with Gasteiger partial charge in [-0.15, -0.1) is 10.2 Å². The average molecular weight is 298 g/mol. The summed E-state index contributed by atoms with van der Waals surface area (Å²) in [5.41, 5.74) is -0.0906. The van der Waals surface area contributed by atoms with E-state index in [0.29, 0.717) is 12.2 Å². The van der Waals surface area contributed by atoms with Gasteiger partial charge in [0.25, 0.3) is 0 Å². The van der Waals surface area contributed by atoms with E-state index in [9.17, 15) is 9.59 Å². The summed E-state index contributed by atoms with van der Waals surface area (Å²) in [6.45, 7) is 7.68. The number of carbonyl (C=O) groups excluding carboxylic acids is 1. The predicted octanol–water partition coefficient (Wildman–Crippen LogP) is 0.839. The van der Waals surface area contributed by atoms with Crippen LogP contribution in [0.15, 0.2) is 0 Å². The molecule has 0 aromatic carbocycles.